The Morgan fingerprint density at radius 3 is 2.50 bits per heavy atom. The van der Waals surface area contributed by atoms with Gasteiger partial charge in [0.2, 0.25) is 0 Å². The van der Waals surface area contributed by atoms with E-state index in [1.807, 2.05) is 23.6 Å². The number of benzene rings is 1. The van der Waals surface area contributed by atoms with Crippen molar-refractivity contribution in [3.05, 3.63) is 43.5 Å². The average molecular weight is 363 g/mol. The molecule has 5 heteroatoms. The van der Waals surface area contributed by atoms with Crippen LogP contribution < -0.4 is 5.32 Å². The van der Waals surface area contributed by atoms with Crippen LogP contribution in [0.25, 0.3) is 0 Å². The maximum absolute atomic E-state index is 9.57. The molecular formula is C11H9Br2NOS. The Morgan fingerprint density at radius 2 is 1.94 bits per heavy atom. The largest absolute Gasteiger partial charge is 0.506 e. The van der Waals surface area contributed by atoms with Crippen LogP contribution in [-0.2, 0) is 6.54 Å². The molecule has 0 aliphatic carbocycles. The molecule has 84 valence electrons. The topological polar surface area (TPSA) is 32.3 Å². The van der Waals surface area contributed by atoms with Gasteiger partial charge in [-0.1, -0.05) is 0 Å². The molecule has 16 heavy (non-hydrogen) atoms. The molecule has 0 saturated carbocycles. The predicted octanol–water partition coefficient (Wildman–Crippen LogP) is 4.59. The molecule has 2 N–H and O–H groups in total. The SMILES string of the molecule is Oc1c(Br)cc(CNc2ccsc2)cc1Br. The van der Waals surface area contributed by atoms with Gasteiger partial charge in [-0.15, -0.1) is 0 Å². The molecule has 0 atom stereocenters. The summed E-state index contributed by atoms with van der Waals surface area (Å²) in [5, 5.41) is 17.0. The van der Waals surface area contributed by atoms with Crippen molar-refractivity contribution in [2.75, 3.05) is 5.32 Å². The molecular weight excluding hydrogens is 354 g/mol. The second kappa shape index (κ2) is 5.21. The van der Waals surface area contributed by atoms with Crippen molar-refractivity contribution >= 4 is 48.9 Å². The van der Waals surface area contributed by atoms with Gasteiger partial charge in [-0.2, -0.15) is 11.3 Å². The van der Waals surface area contributed by atoms with E-state index in [1.165, 1.54) is 0 Å². The van der Waals surface area contributed by atoms with Crippen LogP contribution in [0.5, 0.6) is 5.75 Å². The van der Waals surface area contributed by atoms with E-state index in [0.717, 1.165) is 17.8 Å². The van der Waals surface area contributed by atoms with E-state index in [2.05, 4.69) is 42.6 Å². The molecule has 0 spiro atoms. The van der Waals surface area contributed by atoms with Gasteiger partial charge in [0, 0.05) is 17.6 Å². The number of phenolic OH excluding ortho intramolecular Hbond substituents is 1. The molecule has 0 saturated heterocycles. The minimum Gasteiger partial charge on any atom is -0.506 e. The number of anilines is 1. The summed E-state index contributed by atoms with van der Waals surface area (Å²) in [6.45, 7) is 0.730. The van der Waals surface area contributed by atoms with E-state index in [-0.39, 0.29) is 5.75 Å². The van der Waals surface area contributed by atoms with Crippen molar-refractivity contribution in [1.29, 1.82) is 0 Å². The fraction of sp³-hybridized carbons (Fsp3) is 0.0909. The number of nitrogens with one attached hydrogen (secondary N) is 1. The highest BCUT2D eigenvalue weighted by Crippen LogP contribution is 2.33. The van der Waals surface area contributed by atoms with Gasteiger partial charge < -0.3 is 10.4 Å². The predicted molar refractivity (Wildman–Crippen MR) is 75.2 cm³/mol. The number of phenols is 1. The van der Waals surface area contributed by atoms with Crippen LogP contribution >= 0.6 is 43.2 Å². The molecule has 2 aromatic rings. The molecule has 1 aromatic heterocycles. The highest BCUT2D eigenvalue weighted by Gasteiger charge is 2.05. The van der Waals surface area contributed by atoms with Crippen molar-refractivity contribution in [2.24, 2.45) is 0 Å². The number of halogens is 2. The molecule has 0 aliphatic heterocycles. The average Bonchev–Trinajstić information content (AvgIpc) is 2.75. The normalized spacial score (nSPS) is 10.4. The summed E-state index contributed by atoms with van der Waals surface area (Å²) in [4.78, 5) is 0. The van der Waals surface area contributed by atoms with Crippen LogP contribution in [0.1, 0.15) is 5.56 Å². The Bertz CT molecular complexity index is 462. The Balaban J connectivity index is 2.10. The lowest BCUT2D eigenvalue weighted by Crippen LogP contribution is -1.98. The molecule has 0 fully saturated rings. The number of aromatic hydroxyl groups is 1. The van der Waals surface area contributed by atoms with Crippen LogP contribution in [0, 0.1) is 0 Å². The molecule has 0 unspecified atom stereocenters. The first-order valence-electron chi connectivity index (χ1n) is 4.60. The van der Waals surface area contributed by atoms with Crippen LogP contribution in [0.3, 0.4) is 0 Å². The van der Waals surface area contributed by atoms with Gasteiger partial charge in [0.05, 0.1) is 8.95 Å². The highest BCUT2D eigenvalue weighted by atomic mass is 79.9. The summed E-state index contributed by atoms with van der Waals surface area (Å²) in [7, 11) is 0. The van der Waals surface area contributed by atoms with E-state index >= 15 is 0 Å². The van der Waals surface area contributed by atoms with E-state index in [4.69, 9.17) is 0 Å². The fourth-order valence-corrected chi connectivity index (χ4v) is 3.18. The van der Waals surface area contributed by atoms with E-state index < -0.39 is 0 Å². The standard InChI is InChI=1S/C11H9Br2NOS/c12-9-3-7(4-10(13)11(9)15)5-14-8-1-2-16-6-8/h1-4,6,14-15H,5H2. The minimum atomic E-state index is 0.235. The number of hydrogen-bond donors (Lipinski definition) is 2. The Kier molecular flexibility index (Phi) is 3.89. The molecule has 0 radical (unpaired) electrons. The van der Waals surface area contributed by atoms with Crippen LogP contribution in [0.2, 0.25) is 0 Å². The number of thiophene rings is 1. The van der Waals surface area contributed by atoms with E-state index in [0.29, 0.717) is 8.95 Å². The van der Waals surface area contributed by atoms with Crippen molar-refractivity contribution < 1.29 is 5.11 Å². The molecule has 2 nitrogen and oxygen atoms in total. The first kappa shape index (κ1) is 12.0. The van der Waals surface area contributed by atoms with Crippen molar-refractivity contribution in [1.82, 2.24) is 0 Å². The first-order chi connectivity index (χ1) is 7.66. The monoisotopic (exact) mass is 361 g/mol. The van der Waals surface area contributed by atoms with Crippen LogP contribution in [-0.4, -0.2) is 5.11 Å². The third-order valence-electron chi connectivity index (χ3n) is 2.09. The second-order valence-electron chi connectivity index (χ2n) is 3.27. The van der Waals surface area contributed by atoms with Gasteiger partial charge in [0.15, 0.2) is 0 Å². The number of rotatable bonds is 3. The molecule has 0 bridgehead atoms. The van der Waals surface area contributed by atoms with E-state index in [9.17, 15) is 5.11 Å². The van der Waals surface area contributed by atoms with Gasteiger partial charge in [0.25, 0.3) is 0 Å². The maximum atomic E-state index is 9.57. The fourth-order valence-electron chi connectivity index (χ4n) is 1.29. The zero-order chi connectivity index (χ0) is 11.5. The quantitative estimate of drug-likeness (QED) is 0.836. The van der Waals surface area contributed by atoms with Crippen molar-refractivity contribution in [3.8, 4) is 5.75 Å². The summed E-state index contributed by atoms with van der Waals surface area (Å²) in [5.41, 5.74) is 2.22. The minimum absolute atomic E-state index is 0.235. The van der Waals surface area contributed by atoms with Crippen LogP contribution in [0.4, 0.5) is 5.69 Å². The summed E-state index contributed by atoms with van der Waals surface area (Å²) in [5.74, 6) is 0.235. The smallest absolute Gasteiger partial charge is 0.143 e. The van der Waals surface area contributed by atoms with Gasteiger partial charge in [0.1, 0.15) is 5.75 Å². The lowest BCUT2D eigenvalue weighted by molar-refractivity contribution is 0.468. The highest BCUT2D eigenvalue weighted by molar-refractivity contribution is 9.11. The summed E-state index contributed by atoms with van der Waals surface area (Å²) in [6, 6.07) is 5.84. The van der Waals surface area contributed by atoms with Crippen LogP contribution in [0.15, 0.2) is 37.9 Å². The molecule has 2 rings (SSSR count). The third kappa shape index (κ3) is 2.78. The Labute approximate surface area is 115 Å². The molecule has 1 aromatic carbocycles. The second-order valence-corrected chi connectivity index (χ2v) is 5.76. The third-order valence-corrected chi connectivity index (χ3v) is 3.99. The van der Waals surface area contributed by atoms with Crippen molar-refractivity contribution in [2.45, 2.75) is 6.54 Å². The summed E-state index contributed by atoms with van der Waals surface area (Å²) < 4.78 is 1.40. The zero-order valence-electron chi connectivity index (χ0n) is 8.21. The first-order valence-corrected chi connectivity index (χ1v) is 7.12. The number of hydrogen-bond acceptors (Lipinski definition) is 3. The Morgan fingerprint density at radius 1 is 1.25 bits per heavy atom. The maximum Gasteiger partial charge on any atom is 0.143 e. The molecule has 0 aliphatic rings. The lowest BCUT2D eigenvalue weighted by Gasteiger charge is -2.07. The van der Waals surface area contributed by atoms with Gasteiger partial charge >= 0.3 is 0 Å². The molecule has 0 amide bonds. The zero-order valence-corrected chi connectivity index (χ0v) is 12.2. The Hall–Kier alpha value is -0.520. The van der Waals surface area contributed by atoms with Crippen molar-refractivity contribution in [3.63, 3.8) is 0 Å². The molecule has 1 heterocycles. The van der Waals surface area contributed by atoms with Gasteiger partial charge in [-0.3, -0.25) is 0 Å². The summed E-state index contributed by atoms with van der Waals surface area (Å²) in [6.07, 6.45) is 0. The van der Waals surface area contributed by atoms with Gasteiger partial charge in [-0.25, -0.2) is 0 Å². The summed E-state index contributed by atoms with van der Waals surface area (Å²) >= 11 is 8.28. The van der Waals surface area contributed by atoms with E-state index in [1.54, 1.807) is 11.3 Å². The van der Waals surface area contributed by atoms with Gasteiger partial charge in [-0.05, 0) is 61.0 Å². The lowest BCUT2D eigenvalue weighted by atomic mass is 10.2.